The Bertz CT molecular complexity index is 1250. The monoisotopic (exact) mass is 507 g/mol. The lowest BCUT2D eigenvalue weighted by Gasteiger charge is -2.56. The van der Waals surface area contributed by atoms with Crippen molar-refractivity contribution in [2.24, 2.45) is 23.2 Å². The van der Waals surface area contributed by atoms with Gasteiger partial charge in [-0.05, 0) is 104 Å². The van der Waals surface area contributed by atoms with E-state index in [9.17, 15) is 18.0 Å². The highest BCUT2D eigenvalue weighted by atomic mass is 32.2. The van der Waals surface area contributed by atoms with Crippen molar-refractivity contribution in [1.29, 1.82) is 0 Å². The quantitative estimate of drug-likeness (QED) is 0.602. The molecule has 2 aromatic rings. The maximum Gasteiger partial charge on any atom is 0.269 e. The van der Waals surface area contributed by atoms with E-state index in [0.29, 0.717) is 31.5 Å². The molecule has 7 nitrogen and oxygen atoms in total. The summed E-state index contributed by atoms with van der Waals surface area (Å²) in [6, 6.07) is 13.8. The number of sulfonamides is 1. The van der Waals surface area contributed by atoms with E-state index >= 15 is 0 Å². The van der Waals surface area contributed by atoms with Crippen molar-refractivity contribution in [2.45, 2.75) is 62.8 Å². The number of amides is 2. The van der Waals surface area contributed by atoms with Crippen molar-refractivity contribution >= 4 is 21.8 Å². The predicted molar refractivity (Wildman–Crippen MR) is 135 cm³/mol. The van der Waals surface area contributed by atoms with Gasteiger partial charge in [-0.2, -0.15) is 4.31 Å². The highest BCUT2D eigenvalue weighted by Crippen LogP contribution is 2.61. The molecule has 0 aromatic heterocycles. The van der Waals surface area contributed by atoms with Gasteiger partial charge in [0.25, 0.3) is 5.91 Å². The van der Waals surface area contributed by atoms with Crippen molar-refractivity contribution in [2.75, 3.05) is 6.54 Å². The maximum absolute atomic E-state index is 13.2. The number of nitrogens with zero attached hydrogens (tertiary/aromatic N) is 1. The van der Waals surface area contributed by atoms with Gasteiger partial charge in [-0.3, -0.25) is 20.4 Å². The lowest BCUT2D eigenvalue weighted by molar-refractivity contribution is -0.130. The lowest BCUT2D eigenvalue weighted by Crippen LogP contribution is -2.50. The molecule has 4 bridgehead atoms. The Kier molecular flexibility index (Phi) is 5.91. The van der Waals surface area contributed by atoms with E-state index in [1.165, 1.54) is 53.4 Å². The zero-order valence-electron chi connectivity index (χ0n) is 20.4. The Hall–Kier alpha value is -2.71. The van der Waals surface area contributed by atoms with Gasteiger partial charge in [0.2, 0.25) is 15.9 Å². The van der Waals surface area contributed by atoms with Crippen molar-refractivity contribution in [3.05, 3.63) is 65.2 Å². The second-order valence-corrected chi connectivity index (χ2v) is 13.4. The number of hydrazine groups is 1. The van der Waals surface area contributed by atoms with Gasteiger partial charge in [-0.25, -0.2) is 8.42 Å². The normalized spacial score (nSPS) is 28.9. The van der Waals surface area contributed by atoms with Gasteiger partial charge in [-0.1, -0.05) is 24.3 Å². The van der Waals surface area contributed by atoms with Crippen LogP contribution in [0, 0.1) is 23.2 Å². The molecule has 36 heavy (non-hydrogen) atoms. The van der Waals surface area contributed by atoms with Gasteiger partial charge < -0.3 is 0 Å². The van der Waals surface area contributed by atoms with Crippen molar-refractivity contribution < 1.29 is 18.0 Å². The molecule has 0 saturated heterocycles. The summed E-state index contributed by atoms with van der Waals surface area (Å²) >= 11 is 0. The van der Waals surface area contributed by atoms with Gasteiger partial charge in [0.1, 0.15) is 0 Å². The molecule has 4 fully saturated rings. The first-order valence-electron chi connectivity index (χ1n) is 13.1. The summed E-state index contributed by atoms with van der Waals surface area (Å²) in [5.74, 6) is 1.72. The number of benzene rings is 2. The lowest BCUT2D eigenvalue weighted by atomic mass is 9.49. The third-order valence-electron chi connectivity index (χ3n) is 8.87. The van der Waals surface area contributed by atoms with Crippen LogP contribution < -0.4 is 10.9 Å². The SMILES string of the molecule is O=C(CC12CC3CC(CC(C3)C1)C2)NNC(=O)c1ccc(S(=O)(=O)N2CCc3ccccc3C2)cc1. The fraction of sp³-hybridized carbons (Fsp3) is 0.500. The van der Waals surface area contributed by atoms with Crippen LogP contribution in [0.4, 0.5) is 0 Å². The molecule has 2 amide bonds. The summed E-state index contributed by atoms with van der Waals surface area (Å²) in [5.41, 5.74) is 7.72. The smallest absolute Gasteiger partial charge is 0.269 e. The predicted octanol–water partition coefficient (Wildman–Crippen LogP) is 3.80. The minimum Gasteiger partial charge on any atom is -0.273 e. The first-order valence-corrected chi connectivity index (χ1v) is 14.5. The molecule has 2 N–H and O–H groups in total. The van der Waals surface area contributed by atoms with Gasteiger partial charge >= 0.3 is 0 Å². The van der Waals surface area contributed by atoms with Crippen LogP contribution in [0.5, 0.6) is 0 Å². The van der Waals surface area contributed by atoms with Crippen molar-refractivity contribution in [3.8, 4) is 0 Å². The average Bonchev–Trinajstić information content (AvgIpc) is 2.86. The van der Waals surface area contributed by atoms with E-state index in [4.69, 9.17) is 0 Å². The Morgan fingerprint density at radius 2 is 1.47 bits per heavy atom. The molecule has 0 radical (unpaired) electrons. The first-order chi connectivity index (χ1) is 17.3. The topological polar surface area (TPSA) is 95.6 Å². The number of nitrogens with one attached hydrogen (secondary N) is 2. The highest BCUT2D eigenvalue weighted by Gasteiger charge is 2.51. The van der Waals surface area contributed by atoms with E-state index in [1.54, 1.807) is 0 Å². The third kappa shape index (κ3) is 4.45. The Labute approximate surface area is 212 Å². The molecule has 8 heteroatoms. The van der Waals surface area contributed by atoms with Crippen LogP contribution in [0.1, 0.15) is 66.4 Å². The number of rotatable bonds is 5. The molecule has 0 spiro atoms. The van der Waals surface area contributed by atoms with E-state index in [0.717, 1.165) is 42.6 Å². The van der Waals surface area contributed by atoms with Gasteiger partial charge in [0.15, 0.2) is 0 Å². The molecule has 0 atom stereocenters. The van der Waals surface area contributed by atoms with E-state index in [-0.39, 0.29) is 16.2 Å². The minimum atomic E-state index is -3.67. The molecular formula is C28H33N3O4S. The third-order valence-corrected chi connectivity index (χ3v) is 10.7. The Morgan fingerprint density at radius 3 is 2.11 bits per heavy atom. The molecule has 1 heterocycles. The van der Waals surface area contributed by atoms with Crippen molar-refractivity contribution in [3.63, 3.8) is 0 Å². The van der Waals surface area contributed by atoms with Gasteiger partial charge in [-0.15, -0.1) is 0 Å². The maximum atomic E-state index is 13.2. The number of hydrogen-bond donors (Lipinski definition) is 2. The molecule has 1 aliphatic heterocycles. The number of hydrogen-bond acceptors (Lipinski definition) is 4. The summed E-state index contributed by atoms with van der Waals surface area (Å²) < 4.78 is 27.8. The van der Waals surface area contributed by atoms with Gasteiger partial charge in [0.05, 0.1) is 4.90 Å². The molecule has 4 aliphatic carbocycles. The number of carbonyl (C=O) groups excluding carboxylic acids is 2. The highest BCUT2D eigenvalue weighted by molar-refractivity contribution is 7.89. The van der Waals surface area contributed by atoms with Crippen LogP contribution in [-0.4, -0.2) is 31.1 Å². The van der Waals surface area contributed by atoms with Crippen LogP contribution in [0.25, 0.3) is 0 Å². The van der Waals surface area contributed by atoms with Crippen LogP contribution in [0.3, 0.4) is 0 Å². The zero-order chi connectivity index (χ0) is 24.9. The van der Waals surface area contributed by atoms with Crippen molar-refractivity contribution in [1.82, 2.24) is 15.2 Å². The Morgan fingerprint density at radius 1 is 0.861 bits per heavy atom. The van der Waals surface area contributed by atoms with Crippen LogP contribution in [0.15, 0.2) is 53.4 Å². The fourth-order valence-electron chi connectivity index (χ4n) is 7.69. The van der Waals surface area contributed by atoms with E-state index in [1.807, 2.05) is 24.3 Å². The summed E-state index contributed by atoms with van der Waals surface area (Å²) in [4.78, 5) is 25.5. The molecular weight excluding hydrogens is 474 g/mol. The van der Waals surface area contributed by atoms with Crippen LogP contribution in [-0.2, 0) is 27.8 Å². The molecule has 2 aromatic carbocycles. The summed E-state index contributed by atoms with van der Waals surface area (Å²) in [6.07, 6.45) is 8.54. The van der Waals surface area contributed by atoms with Crippen LogP contribution >= 0.6 is 0 Å². The molecule has 190 valence electrons. The second kappa shape index (κ2) is 8.99. The average molecular weight is 508 g/mol. The van der Waals surface area contributed by atoms with E-state index in [2.05, 4.69) is 10.9 Å². The zero-order valence-corrected chi connectivity index (χ0v) is 21.2. The number of carbonyl (C=O) groups is 2. The molecule has 7 rings (SSSR count). The number of fused-ring (bicyclic) bond motifs is 1. The molecule has 4 saturated carbocycles. The first kappa shape index (κ1) is 23.7. The van der Waals surface area contributed by atoms with Gasteiger partial charge in [0, 0.05) is 25.1 Å². The molecule has 5 aliphatic rings. The second-order valence-electron chi connectivity index (χ2n) is 11.5. The summed E-state index contributed by atoms with van der Waals surface area (Å²) in [6.45, 7) is 0.772. The van der Waals surface area contributed by atoms with E-state index < -0.39 is 15.9 Å². The van der Waals surface area contributed by atoms with Crippen LogP contribution in [0.2, 0.25) is 0 Å². The molecule has 0 unspecified atom stereocenters. The standard InChI is InChI=1S/C28H33N3O4S/c32-26(17-28-14-19-11-20(15-28)13-21(12-19)16-28)29-30-27(33)23-5-7-25(8-6-23)36(34,35)31-10-9-22-3-1-2-4-24(22)18-31/h1-8,19-21H,9-18H2,(H,29,32)(H,30,33). The minimum absolute atomic E-state index is 0.106. The summed E-state index contributed by atoms with van der Waals surface area (Å²) in [5, 5.41) is 0. The largest absolute Gasteiger partial charge is 0.273 e. The fourth-order valence-corrected chi connectivity index (χ4v) is 9.11. The Balaban J connectivity index is 1.05. The summed E-state index contributed by atoms with van der Waals surface area (Å²) in [7, 11) is -3.67.